The number of rotatable bonds is 0. The smallest absolute Gasteiger partial charge is 0.214 e. The molecule has 0 bridgehead atoms. The molecule has 2 aliphatic rings. The average Bonchev–Trinajstić information content (AvgIpc) is 2.38. The van der Waals surface area contributed by atoms with Gasteiger partial charge in [-0.1, -0.05) is 0 Å². The molecular formula is C13H11N3O2. The van der Waals surface area contributed by atoms with Crippen molar-refractivity contribution >= 4 is 11.6 Å². The van der Waals surface area contributed by atoms with Gasteiger partial charge in [0, 0.05) is 42.8 Å². The van der Waals surface area contributed by atoms with Crippen LogP contribution in [-0.4, -0.2) is 40.0 Å². The molecule has 0 spiro atoms. The van der Waals surface area contributed by atoms with Crippen molar-refractivity contribution in [3.8, 4) is 0 Å². The van der Waals surface area contributed by atoms with Crippen molar-refractivity contribution in [3.63, 3.8) is 0 Å². The van der Waals surface area contributed by atoms with E-state index in [4.69, 9.17) is 0 Å². The lowest BCUT2D eigenvalue weighted by atomic mass is 9.87. The molecule has 0 atom stereocenters. The van der Waals surface area contributed by atoms with Gasteiger partial charge in [-0.15, -0.1) is 0 Å². The normalized spacial score (nSPS) is 18.6. The maximum Gasteiger partial charge on any atom is 0.214 e. The minimum Gasteiger partial charge on any atom is -0.374 e. The Morgan fingerprint density at radius 2 is 1.72 bits per heavy atom. The second-order valence-corrected chi connectivity index (χ2v) is 4.45. The first-order valence-corrected chi connectivity index (χ1v) is 5.62. The highest BCUT2D eigenvalue weighted by molar-refractivity contribution is 6.26. The molecule has 5 nitrogen and oxygen atoms in total. The maximum atomic E-state index is 12.3. The molecule has 0 amide bonds. The number of allylic oxidation sites excluding steroid dienone is 3. The number of aromatic nitrogens is 2. The van der Waals surface area contributed by atoms with E-state index in [2.05, 4.69) is 9.97 Å². The molecule has 5 heteroatoms. The third kappa shape index (κ3) is 1.33. The molecule has 0 saturated carbocycles. The zero-order chi connectivity index (χ0) is 12.9. The molecule has 90 valence electrons. The number of likely N-dealkylation sites (N-methyl/N-ethyl adjacent to an activating group) is 1. The molecule has 0 unspecified atom stereocenters. The Morgan fingerprint density at radius 1 is 1.11 bits per heavy atom. The highest BCUT2D eigenvalue weighted by Crippen LogP contribution is 2.29. The van der Waals surface area contributed by atoms with Crippen molar-refractivity contribution in [3.05, 3.63) is 46.7 Å². The van der Waals surface area contributed by atoms with Gasteiger partial charge in [0.1, 0.15) is 11.4 Å². The second kappa shape index (κ2) is 3.60. The second-order valence-electron chi connectivity index (χ2n) is 4.45. The number of hydrogen-bond donors (Lipinski definition) is 0. The summed E-state index contributed by atoms with van der Waals surface area (Å²) in [6.07, 6.45) is 4.61. The van der Waals surface area contributed by atoms with Gasteiger partial charge >= 0.3 is 0 Å². The van der Waals surface area contributed by atoms with Gasteiger partial charge in [-0.2, -0.15) is 0 Å². The van der Waals surface area contributed by atoms with E-state index in [0.29, 0.717) is 17.7 Å². The fraction of sp³-hybridized carbons (Fsp3) is 0.231. The number of ketones is 2. The van der Waals surface area contributed by atoms with E-state index in [-0.39, 0.29) is 23.0 Å². The largest absolute Gasteiger partial charge is 0.374 e. The predicted octanol–water partition coefficient (Wildman–Crippen LogP) is 1.00. The van der Waals surface area contributed by atoms with Crippen LogP contribution in [0.3, 0.4) is 0 Å². The number of fused-ring (bicyclic) bond motifs is 1. The minimum atomic E-state index is -0.208. The van der Waals surface area contributed by atoms with E-state index in [1.165, 1.54) is 12.4 Å². The molecule has 3 rings (SSSR count). The molecule has 0 radical (unpaired) electrons. The standard InChI is InChI=1S/C13H11N3O2/c1-7-5-8-9(6-16(7)2)13(18)11-10(12(8)17)14-3-4-15-11/h3-5H,6H2,1-2H3. The van der Waals surface area contributed by atoms with Crippen LogP contribution in [0.2, 0.25) is 0 Å². The van der Waals surface area contributed by atoms with Crippen molar-refractivity contribution in [2.75, 3.05) is 13.6 Å². The van der Waals surface area contributed by atoms with E-state index in [1.807, 2.05) is 18.9 Å². The summed E-state index contributed by atoms with van der Waals surface area (Å²) in [5, 5.41) is 0. The molecule has 2 heterocycles. The molecule has 0 fully saturated rings. The van der Waals surface area contributed by atoms with Gasteiger partial charge in [0.15, 0.2) is 0 Å². The molecule has 1 aromatic heterocycles. The van der Waals surface area contributed by atoms with Gasteiger partial charge < -0.3 is 4.90 Å². The van der Waals surface area contributed by atoms with E-state index < -0.39 is 0 Å². The molecule has 0 saturated heterocycles. The summed E-state index contributed by atoms with van der Waals surface area (Å²) >= 11 is 0. The highest BCUT2D eigenvalue weighted by Gasteiger charge is 2.35. The minimum absolute atomic E-state index is 0.162. The van der Waals surface area contributed by atoms with Crippen molar-refractivity contribution in [2.45, 2.75) is 6.92 Å². The highest BCUT2D eigenvalue weighted by atomic mass is 16.1. The summed E-state index contributed by atoms with van der Waals surface area (Å²) < 4.78 is 0. The number of hydrogen-bond acceptors (Lipinski definition) is 5. The first-order chi connectivity index (χ1) is 8.59. The van der Waals surface area contributed by atoms with E-state index in [1.54, 1.807) is 6.08 Å². The topological polar surface area (TPSA) is 63.2 Å². The monoisotopic (exact) mass is 241 g/mol. The van der Waals surface area contributed by atoms with Gasteiger partial charge in [0.25, 0.3) is 0 Å². The van der Waals surface area contributed by atoms with Crippen LogP contribution in [-0.2, 0) is 0 Å². The quantitative estimate of drug-likeness (QED) is 0.678. The van der Waals surface area contributed by atoms with Gasteiger partial charge in [-0.25, -0.2) is 9.97 Å². The zero-order valence-corrected chi connectivity index (χ0v) is 10.1. The number of nitrogens with zero attached hydrogens (tertiary/aromatic N) is 3. The van der Waals surface area contributed by atoms with E-state index in [0.717, 1.165) is 5.70 Å². The fourth-order valence-electron chi connectivity index (χ4n) is 2.19. The molecule has 1 aromatic rings. The third-order valence-corrected chi connectivity index (χ3v) is 3.32. The lowest BCUT2D eigenvalue weighted by Gasteiger charge is -2.29. The lowest BCUT2D eigenvalue weighted by molar-refractivity contribution is 0.0962. The molecule has 0 aromatic carbocycles. The predicted molar refractivity (Wildman–Crippen MR) is 64.1 cm³/mol. The van der Waals surface area contributed by atoms with Gasteiger partial charge in [0.2, 0.25) is 11.6 Å². The van der Waals surface area contributed by atoms with Crippen LogP contribution >= 0.6 is 0 Å². The summed E-state index contributed by atoms with van der Waals surface area (Å²) in [6.45, 7) is 2.35. The summed E-state index contributed by atoms with van der Waals surface area (Å²) in [4.78, 5) is 34.4. The summed E-state index contributed by atoms with van der Waals surface area (Å²) in [5.41, 5.74) is 2.27. The molecule has 1 aliphatic carbocycles. The number of carbonyl (C=O) groups excluding carboxylic acids is 2. The van der Waals surface area contributed by atoms with Crippen molar-refractivity contribution in [2.24, 2.45) is 0 Å². The maximum absolute atomic E-state index is 12.3. The Labute approximate surface area is 104 Å². The Kier molecular flexibility index (Phi) is 2.16. The SMILES string of the molecule is CC1=CC2=C(CN1C)C(=O)c1nccnc1C2=O. The summed E-state index contributed by atoms with van der Waals surface area (Å²) in [6, 6.07) is 0. The lowest BCUT2D eigenvalue weighted by Crippen LogP contribution is -2.33. The van der Waals surface area contributed by atoms with Crippen molar-refractivity contribution in [1.29, 1.82) is 0 Å². The molecule has 1 aliphatic heterocycles. The van der Waals surface area contributed by atoms with Gasteiger partial charge in [-0.05, 0) is 13.0 Å². The van der Waals surface area contributed by atoms with Crippen LogP contribution in [0.5, 0.6) is 0 Å². The zero-order valence-electron chi connectivity index (χ0n) is 10.1. The van der Waals surface area contributed by atoms with Crippen molar-refractivity contribution in [1.82, 2.24) is 14.9 Å². The number of carbonyl (C=O) groups is 2. The van der Waals surface area contributed by atoms with Crippen molar-refractivity contribution < 1.29 is 9.59 Å². The first-order valence-electron chi connectivity index (χ1n) is 5.62. The molecule has 0 N–H and O–H groups in total. The summed E-state index contributed by atoms with van der Waals surface area (Å²) in [7, 11) is 1.89. The fourth-order valence-corrected chi connectivity index (χ4v) is 2.19. The summed E-state index contributed by atoms with van der Waals surface area (Å²) in [5.74, 6) is -0.400. The van der Waals surface area contributed by atoms with Crippen LogP contribution in [0.4, 0.5) is 0 Å². The average molecular weight is 241 g/mol. The van der Waals surface area contributed by atoms with Gasteiger partial charge in [-0.3, -0.25) is 9.59 Å². The Bertz CT molecular complexity index is 643. The van der Waals surface area contributed by atoms with Crippen LogP contribution in [0, 0.1) is 0 Å². The van der Waals surface area contributed by atoms with Crippen LogP contribution in [0.1, 0.15) is 27.9 Å². The number of Topliss-reactive ketones (excluding diaryl/α,β-unsaturated/α-hetero) is 2. The van der Waals surface area contributed by atoms with Gasteiger partial charge in [0.05, 0.1) is 0 Å². The van der Waals surface area contributed by atoms with Crippen LogP contribution in [0.15, 0.2) is 35.3 Å². The molecule has 18 heavy (non-hydrogen) atoms. The Morgan fingerprint density at radius 3 is 2.39 bits per heavy atom. The third-order valence-electron chi connectivity index (χ3n) is 3.32. The first kappa shape index (κ1) is 10.8. The Balaban J connectivity index is 2.22. The Hall–Kier alpha value is -2.30. The van der Waals surface area contributed by atoms with E-state index >= 15 is 0 Å². The van der Waals surface area contributed by atoms with Crippen LogP contribution < -0.4 is 0 Å². The molecular weight excluding hydrogens is 230 g/mol. The van der Waals surface area contributed by atoms with E-state index in [9.17, 15) is 9.59 Å². The van der Waals surface area contributed by atoms with Crippen LogP contribution in [0.25, 0.3) is 0 Å².